The van der Waals surface area contributed by atoms with E-state index in [2.05, 4.69) is 10.3 Å². The molecule has 0 saturated carbocycles. The van der Waals surface area contributed by atoms with Gasteiger partial charge < -0.3 is 10.1 Å². The molecule has 0 unspecified atom stereocenters. The van der Waals surface area contributed by atoms with Gasteiger partial charge in [0.25, 0.3) is 0 Å². The number of nitrogens with zero attached hydrogens (tertiary/aromatic N) is 1. The highest BCUT2D eigenvalue weighted by Crippen LogP contribution is 2.33. The standard InChI is InChI=1S/C15H16Cl2N2O/c1-9-6-10(2)19-15(12(9)8-18-3)20-14-5-4-11(16)7-13(14)17/h4-7,18H,8H2,1-3H3. The molecule has 1 aromatic carbocycles. The van der Waals surface area contributed by atoms with E-state index in [1.54, 1.807) is 18.2 Å². The van der Waals surface area contributed by atoms with Crippen LogP contribution in [0.2, 0.25) is 10.0 Å². The zero-order valence-electron chi connectivity index (χ0n) is 11.6. The molecule has 1 aromatic heterocycles. The Kier molecular flexibility index (Phi) is 4.86. The molecule has 0 aliphatic carbocycles. The normalized spacial score (nSPS) is 10.7. The van der Waals surface area contributed by atoms with Gasteiger partial charge in [-0.05, 0) is 50.7 Å². The van der Waals surface area contributed by atoms with Gasteiger partial charge in [0, 0.05) is 22.8 Å². The fourth-order valence-corrected chi connectivity index (χ4v) is 2.41. The van der Waals surface area contributed by atoms with Crippen molar-refractivity contribution in [3.63, 3.8) is 0 Å². The number of halogens is 2. The first kappa shape index (κ1) is 15.1. The van der Waals surface area contributed by atoms with Gasteiger partial charge in [0.2, 0.25) is 5.88 Å². The summed E-state index contributed by atoms with van der Waals surface area (Å²) in [7, 11) is 1.89. The molecule has 20 heavy (non-hydrogen) atoms. The van der Waals surface area contributed by atoms with Gasteiger partial charge in [-0.2, -0.15) is 0 Å². The van der Waals surface area contributed by atoms with Crippen molar-refractivity contribution in [1.29, 1.82) is 0 Å². The van der Waals surface area contributed by atoms with E-state index < -0.39 is 0 Å². The second kappa shape index (κ2) is 6.44. The number of rotatable bonds is 4. The second-order valence-electron chi connectivity index (χ2n) is 4.57. The number of ether oxygens (including phenoxy) is 1. The molecule has 0 spiro atoms. The molecule has 0 aliphatic rings. The van der Waals surface area contributed by atoms with E-state index >= 15 is 0 Å². The van der Waals surface area contributed by atoms with Crippen molar-refractivity contribution < 1.29 is 4.74 Å². The van der Waals surface area contributed by atoms with Gasteiger partial charge in [-0.3, -0.25) is 0 Å². The predicted molar refractivity (Wildman–Crippen MR) is 83.0 cm³/mol. The highest BCUT2D eigenvalue weighted by atomic mass is 35.5. The Bertz CT molecular complexity index is 630. The lowest BCUT2D eigenvalue weighted by atomic mass is 10.1. The Balaban J connectivity index is 2.41. The lowest BCUT2D eigenvalue weighted by Crippen LogP contribution is -2.09. The number of hydrogen-bond acceptors (Lipinski definition) is 3. The Morgan fingerprint density at radius 2 is 1.95 bits per heavy atom. The number of benzene rings is 1. The summed E-state index contributed by atoms with van der Waals surface area (Å²) < 4.78 is 5.87. The first-order valence-electron chi connectivity index (χ1n) is 6.26. The minimum Gasteiger partial charge on any atom is -0.437 e. The zero-order valence-corrected chi connectivity index (χ0v) is 13.1. The van der Waals surface area contributed by atoms with Gasteiger partial charge in [-0.15, -0.1) is 0 Å². The minimum atomic E-state index is 0.467. The van der Waals surface area contributed by atoms with Gasteiger partial charge in [-0.1, -0.05) is 23.2 Å². The van der Waals surface area contributed by atoms with E-state index in [1.165, 1.54) is 0 Å². The first-order chi connectivity index (χ1) is 9.51. The van der Waals surface area contributed by atoms with Crippen molar-refractivity contribution in [2.75, 3.05) is 7.05 Å². The average molecular weight is 311 g/mol. The van der Waals surface area contributed by atoms with Crippen molar-refractivity contribution in [2.45, 2.75) is 20.4 Å². The average Bonchev–Trinajstić information content (AvgIpc) is 2.37. The van der Waals surface area contributed by atoms with Crippen LogP contribution < -0.4 is 10.1 Å². The second-order valence-corrected chi connectivity index (χ2v) is 5.42. The number of aromatic nitrogens is 1. The van der Waals surface area contributed by atoms with Gasteiger partial charge in [0.15, 0.2) is 0 Å². The third-order valence-electron chi connectivity index (χ3n) is 2.89. The largest absolute Gasteiger partial charge is 0.437 e. The molecule has 0 atom stereocenters. The fourth-order valence-electron chi connectivity index (χ4n) is 1.97. The van der Waals surface area contributed by atoms with Gasteiger partial charge >= 0.3 is 0 Å². The number of pyridine rings is 1. The molecule has 5 heteroatoms. The van der Waals surface area contributed by atoms with E-state index in [0.717, 1.165) is 16.8 Å². The third kappa shape index (κ3) is 3.42. The summed E-state index contributed by atoms with van der Waals surface area (Å²) in [5.74, 6) is 1.12. The zero-order chi connectivity index (χ0) is 14.7. The number of nitrogens with one attached hydrogen (secondary N) is 1. The van der Waals surface area contributed by atoms with Crippen molar-refractivity contribution in [3.8, 4) is 11.6 Å². The summed E-state index contributed by atoms with van der Waals surface area (Å²) in [5.41, 5.74) is 3.05. The van der Waals surface area contributed by atoms with Crippen LogP contribution in [0.25, 0.3) is 0 Å². The number of hydrogen-bond donors (Lipinski definition) is 1. The molecule has 106 valence electrons. The SMILES string of the molecule is CNCc1c(C)cc(C)nc1Oc1ccc(Cl)cc1Cl. The van der Waals surface area contributed by atoms with Gasteiger partial charge in [-0.25, -0.2) is 4.98 Å². The van der Waals surface area contributed by atoms with Gasteiger partial charge in [0.05, 0.1) is 5.02 Å². The molecule has 3 nitrogen and oxygen atoms in total. The van der Waals surface area contributed by atoms with Crippen LogP contribution in [0, 0.1) is 13.8 Å². The Morgan fingerprint density at radius 1 is 1.20 bits per heavy atom. The maximum Gasteiger partial charge on any atom is 0.224 e. The fraction of sp³-hybridized carbons (Fsp3) is 0.267. The minimum absolute atomic E-state index is 0.467. The van der Waals surface area contributed by atoms with E-state index in [1.807, 2.05) is 27.0 Å². The van der Waals surface area contributed by atoms with Crippen molar-refractivity contribution >= 4 is 23.2 Å². The smallest absolute Gasteiger partial charge is 0.224 e. The summed E-state index contributed by atoms with van der Waals surface area (Å²) in [4.78, 5) is 4.46. The first-order valence-corrected chi connectivity index (χ1v) is 7.01. The molecule has 0 radical (unpaired) electrons. The van der Waals surface area contributed by atoms with Crippen molar-refractivity contribution in [2.24, 2.45) is 0 Å². The van der Waals surface area contributed by atoms with Crippen molar-refractivity contribution in [3.05, 3.63) is 51.1 Å². The van der Waals surface area contributed by atoms with Crippen LogP contribution in [0.5, 0.6) is 11.6 Å². The van der Waals surface area contributed by atoms with Crippen LogP contribution in [-0.4, -0.2) is 12.0 Å². The molecule has 1 N–H and O–H groups in total. The summed E-state index contributed by atoms with van der Waals surface area (Å²) in [6.07, 6.45) is 0. The van der Waals surface area contributed by atoms with Crippen LogP contribution >= 0.6 is 23.2 Å². The van der Waals surface area contributed by atoms with E-state index in [4.69, 9.17) is 27.9 Å². The summed E-state index contributed by atoms with van der Waals surface area (Å²) >= 11 is 12.0. The summed E-state index contributed by atoms with van der Waals surface area (Å²) in [6.45, 7) is 4.66. The topological polar surface area (TPSA) is 34.2 Å². The Morgan fingerprint density at radius 3 is 2.60 bits per heavy atom. The van der Waals surface area contributed by atoms with E-state index in [-0.39, 0.29) is 0 Å². The van der Waals surface area contributed by atoms with Crippen LogP contribution in [0.3, 0.4) is 0 Å². The van der Waals surface area contributed by atoms with Crippen molar-refractivity contribution in [1.82, 2.24) is 10.3 Å². The Labute approximate surface area is 128 Å². The molecule has 2 aromatic rings. The molecule has 0 fully saturated rings. The molecule has 1 heterocycles. The van der Waals surface area contributed by atoms with E-state index in [9.17, 15) is 0 Å². The monoisotopic (exact) mass is 310 g/mol. The maximum absolute atomic E-state index is 6.14. The molecular formula is C15H16Cl2N2O. The van der Waals surface area contributed by atoms with Crippen LogP contribution in [0.4, 0.5) is 0 Å². The van der Waals surface area contributed by atoms with Crippen LogP contribution in [-0.2, 0) is 6.54 Å². The van der Waals surface area contributed by atoms with E-state index in [0.29, 0.717) is 28.2 Å². The molecule has 0 aliphatic heterocycles. The maximum atomic E-state index is 6.14. The number of aryl methyl sites for hydroxylation is 2. The highest BCUT2D eigenvalue weighted by Gasteiger charge is 2.12. The molecule has 0 saturated heterocycles. The summed E-state index contributed by atoms with van der Waals surface area (Å²) in [6, 6.07) is 7.16. The highest BCUT2D eigenvalue weighted by molar-refractivity contribution is 6.35. The van der Waals surface area contributed by atoms with Gasteiger partial charge in [0.1, 0.15) is 5.75 Å². The Hall–Kier alpha value is -1.29. The molecule has 0 bridgehead atoms. The summed E-state index contributed by atoms with van der Waals surface area (Å²) in [5, 5.41) is 4.16. The van der Waals surface area contributed by atoms with Crippen LogP contribution in [0.15, 0.2) is 24.3 Å². The molecule has 2 rings (SSSR count). The molecular weight excluding hydrogens is 295 g/mol. The quantitative estimate of drug-likeness (QED) is 0.901. The lowest BCUT2D eigenvalue weighted by molar-refractivity contribution is 0.452. The predicted octanol–water partition coefficient (Wildman–Crippen LogP) is 4.52. The lowest BCUT2D eigenvalue weighted by Gasteiger charge is -2.14. The van der Waals surface area contributed by atoms with Crippen LogP contribution in [0.1, 0.15) is 16.8 Å². The third-order valence-corrected chi connectivity index (χ3v) is 3.42. The molecule has 0 amide bonds.